The summed E-state index contributed by atoms with van der Waals surface area (Å²) in [6.45, 7) is 5.57. The standard InChI is InChI=1S/C13H23NO/c1-9-7-10(2)13(12(15)8-9)11-5-3-4-6-14-11/h9-11,13-14H,3-8H2,1-2H3. The lowest BCUT2D eigenvalue weighted by Crippen LogP contribution is -2.48. The van der Waals surface area contributed by atoms with Gasteiger partial charge in [-0.05, 0) is 37.6 Å². The molecule has 2 aliphatic rings. The lowest BCUT2D eigenvalue weighted by Gasteiger charge is -2.38. The average molecular weight is 209 g/mol. The minimum Gasteiger partial charge on any atom is -0.313 e. The minimum atomic E-state index is 0.307. The van der Waals surface area contributed by atoms with Crippen LogP contribution in [0.5, 0.6) is 0 Å². The predicted molar refractivity (Wildman–Crippen MR) is 61.7 cm³/mol. The quantitative estimate of drug-likeness (QED) is 0.718. The number of hydrogen-bond donors (Lipinski definition) is 1. The van der Waals surface area contributed by atoms with Crippen LogP contribution in [-0.2, 0) is 4.79 Å². The van der Waals surface area contributed by atoms with Gasteiger partial charge in [-0.1, -0.05) is 20.3 Å². The van der Waals surface area contributed by atoms with Gasteiger partial charge in [-0.25, -0.2) is 0 Å². The van der Waals surface area contributed by atoms with Crippen molar-refractivity contribution in [1.29, 1.82) is 0 Å². The molecule has 4 atom stereocenters. The normalized spacial score (nSPS) is 42.9. The summed E-state index contributed by atoms with van der Waals surface area (Å²) < 4.78 is 0. The second-order valence-corrected chi connectivity index (χ2v) is 5.57. The maximum atomic E-state index is 12.1. The van der Waals surface area contributed by atoms with E-state index in [0.29, 0.717) is 29.6 Å². The highest BCUT2D eigenvalue weighted by molar-refractivity contribution is 5.83. The fourth-order valence-corrected chi connectivity index (χ4v) is 3.47. The molecule has 0 spiro atoms. The zero-order valence-electron chi connectivity index (χ0n) is 9.96. The lowest BCUT2D eigenvalue weighted by atomic mass is 9.70. The summed E-state index contributed by atoms with van der Waals surface area (Å²) >= 11 is 0. The van der Waals surface area contributed by atoms with Gasteiger partial charge in [0.15, 0.2) is 0 Å². The monoisotopic (exact) mass is 209 g/mol. The zero-order valence-corrected chi connectivity index (χ0v) is 9.96. The van der Waals surface area contributed by atoms with Gasteiger partial charge in [-0.15, -0.1) is 0 Å². The number of carbonyl (C=O) groups is 1. The Kier molecular flexibility index (Phi) is 3.45. The van der Waals surface area contributed by atoms with Gasteiger partial charge in [0, 0.05) is 18.4 Å². The van der Waals surface area contributed by atoms with Crippen molar-refractivity contribution < 1.29 is 4.79 Å². The van der Waals surface area contributed by atoms with Crippen molar-refractivity contribution in [2.45, 2.75) is 52.0 Å². The van der Waals surface area contributed by atoms with Crippen molar-refractivity contribution in [2.75, 3.05) is 6.54 Å². The highest BCUT2D eigenvalue weighted by Gasteiger charge is 2.37. The first-order chi connectivity index (χ1) is 7.18. The van der Waals surface area contributed by atoms with Crippen molar-refractivity contribution in [2.24, 2.45) is 17.8 Å². The first kappa shape index (κ1) is 11.1. The first-order valence-corrected chi connectivity index (χ1v) is 6.44. The molecule has 2 rings (SSSR count). The molecule has 0 aromatic heterocycles. The van der Waals surface area contributed by atoms with Gasteiger partial charge in [0.25, 0.3) is 0 Å². The van der Waals surface area contributed by atoms with Gasteiger partial charge >= 0.3 is 0 Å². The summed E-state index contributed by atoms with van der Waals surface area (Å²) in [7, 11) is 0. The van der Waals surface area contributed by atoms with E-state index in [0.717, 1.165) is 13.0 Å². The molecule has 0 radical (unpaired) electrons. The number of hydrogen-bond acceptors (Lipinski definition) is 2. The molecule has 15 heavy (non-hydrogen) atoms. The number of carbonyl (C=O) groups excluding carboxylic acids is 1. The number of ketones is 1. The third-order valence-corrected chi connectivity index (χ3v) is 4.09. The summed E-state index contributed by atoms with van der Waals surface area (Å²) in [6, 6.07) is 0.480. The Morgan fingerprint density at radius 2 is 2.07 bits per heavy atom. The van der Waals surface area contributed by atoms with Crippen LogP contribution in [0.1, 0.15) is 46.0 Å². The Bertz CT molecular complexity index is 233. The van der Waals surface area contributed by atoms with Gasteiger partial charge < -0.3 is 5.32 Å². The van der Waals surface area contributed by atoms with E-state index in [-0.39, 0.29) is 0 Å². The van der Waals surface area contributed by atoms with Crippen molar-refractivity contribution >= 4 is 5.78 Å². The summed E-state index contributed by atoms with van der Waals surface area (Å²) in [5.41, 5.74) is 0. The molecule has 1 heterocycles. The minimum absolute atomic E-state index is 0.307. The van der Waals surface area contributed by atoms with E-state index in [1.54, 1.807) is 0 Å². The average Bonchev–Trinajstić information content (AvgIpc) is 2.17. The summed E-state index contributed by atoms with van der Waals surface area (Å²) in [5.74, 6) is 2.01. The van der Waals surface area contributed by atoms with Gasteiger partial charge in [0.05, 0.1) is 0 Å². The van der Waals surface area contributed by atoms with Gasteiger partial charge in [0.2, 0.25) is 0 Å². The summed E-state index contributed by atoms with van der Waals surface area (Å²) in [5, 5.41) is 3.54. The molecule has 1 saturated carbocycles. The molecule has 1 aliphatic carbocycles. The summed E-state index contributed by atoms with van der Waals surface area (Å²) in [6.07, 6.45) is 5.82. The third-order valence-electron chi connectivity index (χ3n) is 4.09. The van der Waals surface area contributed by atoms with E-state index in [4.69, 9.17) is 0 Å². The molecule has 1 aliphatic heterocycles. The smallest absolute Gasteiger partial charge is 0.138 e. The van der Waals surface area contributed by atoms with E-state index in [1.807, 2.05) is 0 Å². The number of rotatable bonds is 1. The molecule has 0 aromatic rings. The number of piperidine rings is 1. The zero-order chi connectivity index (χ0) is 10.8. The molecule has 2 fully saturated rings. The summed E-state index contributed by atoms with van der Waals surface area (Å²) in [4.78, 5) is 12.1. The Balaban J connectivity index is 2.02. The van der Waals surface area contributed by atoms with E-state index >= 15 is 0 Å². The Hall–Kier alpha value is -0.370. The number of nitrogens with one attached hydrogen (secondary N) is 1. The molecule has 0 amide bonds. The predicted octanol–water partition coefficient (Wildman–Crippen LogP) is 2.38. The second-order valence-electron chi connectivity index (χ2n) is 5.57. The van der Waals surface area contributed by atoms with Gasteiger partial charge in [0.1, 0.15) is 5.78 Å². The van der Waals surface area contributed by atoms with Crippen LogP contribution in [0.25, 0.3) is 0 Å². The maximum Gasteiger partial charge on any atom is 0.138 e. The topological polar surface area (TPSA) is 29.1 Å². The molecule has 0 aromatic carbocycles. The second kappa shape index (κ2) is 4.65. The van der Waals surface area contributed by atoms with Crippen molar-refractivity contribution in [3.05, 3.63) is 0 Å². The van der Waals surface area contributed by atoms with Crippen LogP contribution in [0.4, 0.5) is 0 Å². The van der Waals surface area contributed by atoms with Crippen LogP contribution < -0.4 is 5.32 Å². The highest BCUT2D eigenvalue weighted by Crippen LogP contribution is 2.34. The molecule has 2 nitrogen and oxygen atoms in total. The van der Waals surface area contributed by atoms with Crippen LogP contribution in [0, 0.1) is 17.8 Å². The van der Waals surface area contributed by atoms with E-state index in [9.17, 15) is 4.79 Å². The molecule has 2 heteroatoms. The molecule has 1 saturated heterocycles. The number of Topliss-reactive ketones (excluding diaryl/α,β-unsaturated/α-hetero) is 1. The molecular weight excluding hydrogens is 186 g/mol. The van der Waals surface area contributed by atoms with Crippen molar-refractivity contribution in [1.82, 2.24) is 5.32 Å². The van der Waals surface area contributed by atoms with Gasteiger partial charge in [-0.2, -0.15) is 0 Å². The Morgan fingerprint density at radius 1 is 1.27 bits per heavy atom. The highest BCUT2D eigenvalue weighted by atomic mass is 16.1. The SMILES string of the molecule is CC1CC(=O)C(C2CCCCN2)C(C)C1. The largest absolute Gasteiger partial charge is 0.313 e. The third kappa shape index (κ3) is 2.41. The molecule has 0 bridgehead atoms. The van der Waals surface area contributed by atoms with E-state index in [2.05, 4.69) is 19.2 Å². The van der Waals surface area contributed by atoms with Crippen molar-refractivity contribution in [3.8, 4) is 0 Å². The van der Waals surface area contributed by atoms with E-state index in [1.165, 1.54) is 25.7 Å². The molecule has 1 N–H and O–H groups in total. The fourth-order valence-electron chi connectivity index (χ4n) is 3.47. The lowest BCUT2D eigenvalue weighted by molar-refractivity contribution is -0.129. The molecular formula is C13H23NO. The van der Waals surface area contributed by atoms with Crippen LogP contribution in [0.15, 0.2) is 0 Å². The Labute approximate surface area is 92.8 Å². The maximum absolute atomic E-state index is 12.1. The van der Waals surface area contributed by atoms with Crippen molar-refractivity contribution in [3.63, 3.8) is 0 Å². The van der Waals surface area contributed by atoms with Crippen LogP contribution in [-0.4, -0.2) is 18.4 Å². The van der Waals surface area contributed by atoms with Crippen LogP contribution >= 0.6 is 0 Å². The van der Waals surface area contributed by atoms with Crippen LogP contribution in [0.3, 0.4) is 0 Å². The van der Waals surface area contributed by atoms with Crippen LogP contribution in [0.2, 0.25) is 0 Å². The molecule has 4 unspecified atom stereocenters. The Morgan fingerprint density at radius 3 is 2.67 bits per heavy atom. The van der Waals surface area contributed by atoms with Gasteiger partial charge in [-0.3, -0.25) is 4.79 Å². The fraction of sp³-hybridized carbons (Fsp3) is 0.923. The first-order valence-electron chi connectivity index (χ1n) is 6.44. The molecule has 86 valence electrons. The van der Waals surface area contributed by atoms with E-state index < -0.39 is 0 Å².